The zero-order valence-corrected chi connectivity index (χ0v) is 13.6. The molecule has 1 aliphatic carbocycles. The second-order valence-corrected chi connectivity index (χ2v) is 6.75. The van der Waals surface area contributed by atoms with Gasteiger partial charge in [0.1, 0.15) is 0 Å². The summed E-state index contributed by atoms with van der Waals surface area (Å²) in [7, 11) is 1.78. The highest BCUT2D eigenvalue weighted by atomic mass is 79.9. The first-order valence-corrected chi connectivity index (χ1v) is 7.94. The molecule has 0 aliphatic heterocycles. The first-order chi connectivity index (χ1) is 9.47. The number of carbonyl (C=O) groups is 1. The van der Waals surface area contributed by atoms with E-state index in [-0.39, 0.29) is 17.9 Å². The third kappa shape index (κ3) is 4.32. The van der Waals surface area contributed by atoms with Crippen LogP contribution in [0.25, 0.3) is 0 Å². The lowest BCUT2D eigenvalue weighted by atomic mass is 9.97. The first-order valence-electron chi connectivity index (χ1n) is 7.15. The smallest absolute Gasteiger partial charge is 0.223 e. The van der Waals surface area contributed by atoms with Gasteiger partial charge >= 0.3 is 0 Å². The van der Waals surface area contributed by atoms with Gasteiger partial charge in [-0.1, -0.05) is 35.0 Å². The van der Waals surface area contributed by atoms with Crippen molar-refractivity contribution in [3.8, 4) is 0 Å². The number of benzene rings is 1. The van der Waals surface area contributed by atoms with Crippen LogP contribution in [-0.4, -0.2) is 35.6 Å². The van der Waals surface area contributed by atoms with E-state index >= 15 is 0 Å². The maximum atomic E-state index is 12.2. The SMILES string of the molecule is CC(CC(=O)N(C)CC(O)C1CC1)c1ccc(Br)cc1. The zero-order chi connectivity index (χ0) is 14.7. The molecule has 1 amide bonds. The Kier molecular flexibility index (Phi) is 5.22. The molecule has 0 radical (unpaired) electrons. The topological polar surface area (TPSA) is 40.5 Å². The second kappa shape index (κ2) is 6.72. The lowest BCUT2D eigenvalue weighted by Gasteiger charge is -2.22. The van der Waals surface area contributed by atoms with E-state index in [4.69, 9.17) is 0 Å². The molecular weight excluding hydrogens is 318 g/mol. The van der Waals surface area contributed by atoms with Crippen LogP contribution in [0.4, 0.5) is 0 Å². The number of halogens is 1. The van der Waals surface area contributed by atoms with Gasteiger partial charge in [-0.3, -0.25) is 4.79 Å². The Balaban J connectivity index is 1.84. The monoisotopic (exact) mass is 339 g/mol. The molecule has 1 aliphatic rings. The largest absolute Gasteiger partial charge is 0.391 e. The van der Waals surface area contributed by atoms with Crippen LogP contribution in [0.1, 0.15) is 37.7 Å². The fourth-order valence-electron chi connectivity index (χ4n) is 2.34. The van der Waals surface area contributed by atoms with E-state index in [1.54, 1.807) is 11.9 Å². The predicted octanol–water partition coefficient (Wildman–Crippen LogP) is 3.17. The van der Waals surface area contributed by atoms with E-state index < -0.39 is 0 Å². The normalized spacial score (nSPS) is 17.6. The summed E-state index contributed by atoms with van der Waals surface area (Å²) in [5.74, 6) is 0.699. The van der Waals surface area contributed by atoms with Crippen molar-refractivity contribution in [3.05, 3.63) is 34.3 Å². The quantitative estimate of drug-likeness (QED) is 0.864. The number of likely N-dealkylation sites (N-methyl/N-ethyl adjacent to an activating group) is 1. The average Bonchev–Trinajstić information content (AvgIpc) is 3.23. The van der Waals surface area contributed by atoms with Gasteiger partial charge in [-0.15, -0.1) is 0 Å². The van der Waals surface area contributed by atoms with Gasteiger partial charge in [-0.2, -0.15) is 0 Å². The van der Waals surface area contributed by atoms with Crippen LogP contribution in [0.3, 0.4) is 0 Å². The van der Waals surface area contributed by atoms with Gasteiger partial charge in [0.25, 0.3) is 0 Å². The predicted molar refractivity (Wildman–Crippen MR) is 83.5 cm³/mol. The summed E-state index contributed by atoms with van der Waals surface area (Å²) < 4.78 is 1.05. The second-order valence-electron chi connectivity index (χ2n) is 5.84. The van der Waals surface area contributed by atoms with Crippen molar-refractivity contribution < 1.29 is 9.90 Å². The lowest BCUT2D eigenvalue weighted by Crippen LogP contribution is -2.35. The number of aliphatic hydroxyl groups is 1. The van der Waals surface area contributed by atoms with Gasteiger partial charge in [0.05, 0.1) is 6.10 Å². The van der Waals surface area contributed by atoms with Gasteiger partial charge in [0.2, 0.25) is 5.91 Å². The van der Waals surface area contributed by atoms with Crippen LogP contribution in [0.5, 0.6) is 0 Å². The molecule has 0 spiro atoms. The van der Waals surface area contributed by atoms with Crippen molar-refractivity contribution >= 4 is 21.8 Å². The van der Waals surface area contributed by atoms with E-state index in [2.05, 4.69) is 22.9 Å². The molecule has 0 aromatic heterocycles. The fourth-order valence-corrected chi connectivity index (χ4v) is 2.60. The molecule has 0 heterocycles. The third-order valence-corrected chi connectivity index (χ3v) is 4.50. The molecule has 3 nitrogen and oxygen atoms in total. The Morgan fingerprint density at radius 1 is 1.40 bits per heavy atom. The molecule has 1 aromatic carbocycles. The van der Waals surface area contributed by atoms with Crippen LogP contribution < -0.4 is 0 Å². The van der Waals surface area contributed by atoms with Gasteiger partial charge < -0.3 is 10.0 Å². The lowest BCUT2D eigenvalue weighted by molar-refractivity contribution is -0.131. The molecule has 2 atom stereocenters. The Labute approximate surface area is 129 Å². The van der Waals surface area contributed by atoms with Gasteiger partial charge in [0.15, 0.2) is 0 Å². The summed E-state index contributed by atoms with van der Waals surface area (Å²) in [4.78, 5) is 13.8. The van der Waals surface area contributed by atoms with Crippen molar-refractivity contribution in [2.45, 2.75) is 38.2 Å². The van der Waals surface area contributed by atoms with Crippen LogP contribution in [0, 0.1) is 5.92 Å². The number of hydrogen-bond acceptors (Lipinski definition) is 2. The van der Waals surface area contributed by atoms with E-state index in [0.29, 0.717) is 18.9 Å². The number of rotatable bonds is 6. The number of nitrogens with zero attached hydrogens (tertiary/aromatic N) is 1. The summed E-state index contributed by atoms with van der Waals surface area (Å²) in [5, 5.41) is 9.89. The highest BCUT2D eigenvalue weighted by Crippen LogP contribution is 2.33. The Hall–Kier alpha value is -0.870. The average molecular weight is 340 g/mol. The van der Waals surface area contributed by atoms with Gasteiger partial charge in [-0.25, -0.2) is 0 Å². The summed E-state index contributed by atoms with van der Waals surface area (Å²) in [6.45, 7) is 2.52. The highest BCUT2D eigenvalue weighted by Gasteiger charge is 2.31. The minimum Gasteiger partial charge on any atom is -0.391 e. The molecule has 4 heteroatoms. The molecule has 2 rings (SSSR count). The van der Waals surface area contributed by atoms with Crippen molar-refractivity contribution in [2.24, 2.45) is 5.92 Å². The number of hydrogen-bond donors (Lipinski definition) is 1. The zero-order valence-electron chi connectivity index (χ0n) is 12.1. The molecule has 1 fully saturated rings. The first kappa shape index (κ1) is 15.5. The summed E-state index contributed by atoms with van der Waals surface area (Å²) >= 11 is 3.41. The van der Waals surface area contributed by atoms with Crippen LogP contribution in [0.2, 0.25) is 0 Å². The molecule has 0 bridgehead atoms. The minimum absolute atomic E-state index is 0.0973. The van der Waals surface area contributed by atoms with E-state index in [0.717, 1.165) is 22.9 Å². The van der Waals surface area contributed by atoms with Crippen molar-refractivity contribution in [1.82, 2.24) is 4.90 Å². The summed E-state index contributed by atoms with van der Waals surface area (Å²) in [5.41, 5.74) is 1.16. The fraction of sp³-hybridized carbons (Fsp3) is 0.562. The minimum atomic E-state index is -0.355. The third-order valence-electron chi connectivity index (χ3n) is 3.97. The van der Waals surface area contributed by atoms with Gasteiger partial charge in [0, 0.05) is 24.5 Å². The van der Waals surface area contributed by atoms with Crippen molar-refractivity contribution in [3.63, 3.8) is 0 Å². The van der Waals surface area contributed by atoms with E-state index in [1.807, 2.05) is 24.3 Å². The molecule has 1 aromatic rings. The number of amides is 1. The molecule has 0 saturated heterocycles. The molecule has 2 unspecified atom stereocenters. The molecule has 1 N–H and O–H groups in total. The Morgan fingerprint density at radius 3 is 2.55 bits per heavy atom. The molecule has 20 heavy (non-hydrogen) atoms. The number of aliphatic hydroxyl groups excluding tert-OH is 1. The van der Waals surface area contributed by atoms with Crippen LogP contribution in [0.15, 0.2) is 28.7 Å². The Morgan fingerprint density at radius 2 is 2.00 bits per heavy atom. The molecule has 110 valence electrons. The van der Waals surface area contributed by atoms with Gasteiger partial charge in [-0.05, 0) is 42.4 Å². The standard InChI is InChI=1S/C16H22BrNO2/c1-11(12-5-7-14(17)8-6-12)9-16(20)18(2)10-15(19)13-3-4-13/h5-8,11,13,15,19H,3-4,9-10H2,1-2H3. The van der Waals surface area contributed by atoms with Crippen molar-refractivity contribution in [1.29, 1.82) is 0 Å². The summed E-state index contributed by atoms with van der Waals surface area (Å²) in [6.07, 6.45) is 2.32. The number of carbonyl (C=O) groups excluding carboxylic acids is 1. The van der Waals surface area contributed by atoms with E-state index in [1.165, 1.54) is 0 Å². The molecular formula is C16H22BrNO2. The maximum Gasteiger partial charge on any atom is 0.223 e. The van der Waals surface area contributed by atoms with E-state index in [9.17, 15) is 9.90 Å². The van der Waals surface area contributed by atoms with Crippen LogP contribution in [-0.2, 0) is 4.79 Å². The maximum absolute atomic E-state index is 12.2. The summed E-state index contributed by atoms with van der Waals surface area (Å²) in [6, 6.07) is 8.08. The van der Waals surface area contributed by atoms with Crippen molar-refractivity contribution in [2.75, 3.05) is 13.6 Å². The van der Waals surface area contributed by atoms with Crippen LogP contribution >= 0.6 is 15.9 Å². The molecule has 1 saturated carbocycles. The Bertz CT molecular complexity index is 456. The highest BCUT2D eigenvalue weighted by molar-refractivity contribution is 9.10.